The molecule has 1 amide bonds. The van der Waals surface area contributed by atoms with Gasteiger partial charge in [0.1, 0.15) is 11.6 Å². The first-order valence-corrected chi connectivity index (χ1v) is 8.87. The van der Waals surface area contributed by atoms with E-state index < -0.39 is 0 Å². The number of nitrogens with one attached hydrogen (secondary N) is 1. The van der Waals surface area contributed by atoms with Crippen LogP contribution in [0, 0.1) is 6.92 Å². The zero-order valence-electron chi connectivity index (χ0n) is 12.7. The lowest BCUT2D eigenvalue weighted by Crippen LogP contribution is -2.11. The van der Waals surface area contributed by atoms with Gasteiger partial charge in [0.2, 0.25) is 11.0 Å². The van der Waals surface area contributed by atoms with Crippen LogP contribution in [-0.2, 0) is 16.1 Å². The third-order valence-corrected chi connectivity index (χ3v) is 4.59. The molecule has 0 fully saturated rings. The standard InChI is InChI=1S/C15H19N3O2S2/c1-3-20-10-14-17-18-15(22-14)16-13(19)8-9-21-12-6-4-11(2)5-7-12/h4-7H,3,8-10H2,1-2H3,(H,16,18,19). The Kier molecular flexibility index (Phi) is 6.82. The summed E-state index contributed by atoms with van der Waals surface area (Å²) >= 11 is 3.02. The second-order valence-electron chi connectivity index (χ2n) is 4.60. The Morgan fingerprint density at radius 3 is 2.82 bits per heavy atom. The lowest BCUT2D eigenvalue weighted by atomic mass is 10.2. The predicted octanol–water partition coefficient (Wildman–Crippen LogP) is 3.50. The molecule has 5 nitrogen and oxygen atoms in total. The summed E-state index contributed by atoms with van der Waals surface area (Å²) in [5, 5.41) is 12.0. The van der Waals surface area contributed by atoms with Gasteiger partial charge in [0.15, 0.2) is 0 Å². The molecule has 7 heteroatoms. The zero-order chi connectivity index (χ0) is 15.8. The smallest absolute Gasteiger partial charge is 0.227 e. The van der Waals surface area contributed by atoms with Crippen molar-refractivity contribution in [3.05, 3.63) is 34.8 Å². The number of aryl methyl sites for hydroxylation is 1. The van der Waals surface area contributed by atoms with E-state index >= 15 is 0 Å². The van der Waals surface area contributed by atoms with E-state index in [1.54, 1.807) is 11.8 Å². The van der Waals surface area contributed by atoms with Crippen molar-refractivity contribution in [3.63, 3.8) is 0 Å². The molecule has 0 spiro atoms. The first kappa shape index (κ1) is 16.9. The van der Waals surface area contributed by atoms with E-state index in [1.807, 2.05) is 6.92 Å². The summed E-state index contributed by atoms with van der Waals surface area (Å²) in [7, 11) is 0. The van der Waals surface area contributed by atoms with Crippen LogP contribution in [0.2, 0.25) is 0 Å². The first-order valence-electron chi connectivity index (χ1n) is 7.07. The Morgan fingerprint density at radius 2 is 2.09 bits per heavy atom. The number of nitrogens with zero attached hydrogens (tertiary/aromatic N) is 2. The summed E-state index contributed by atoms with van der Waals surface area (Å²) in [6, 6.07) is 8.29. The first-order chi connectivity index (χ1) is 10.7. The maximum atomic E-state index is 11.9. The van der Waals surface area contributed by atoms with Gasteiger partial charge in [0.25, 0.3) is 0 Å². The minimum atomic E-state index is -0.0429. The third-order valence-electron chi connectivity index (χ3n) is 2.76. The molecule has 0 saturated heterocycles. The van der Waals surface area contributed by atoms with Gasteiger partial charge in [-0.1, -0.05) is 29.0 Å². The second kappa shape index (κ2) is 8.87. The van der Waals surface area contributed by atoms with Crippen molar-refractivity contribution < 1.29 is 9.53 Å². The van der Waals surface area contributed by atoms with Crippen LogP contribution in [-0.4, -0.2) is 28.5 Å². The van der Waals surface area contributed by atoms with Crippen molar-refractivity contribution >= 4 is 34.1 Å². The average molecular weight is 337 g/mol. The molecule has 1 aromatic heterocycles. The van der Waals surface area contributed by atoms with E-state index in [-0.39, 0.29) is 5.91 Å². The molecule has 2 rings (SSSR count). The molecule has 0 unspecified atom stereocenters. The number of ether oxygens (including phenoxy) is 1. The molecule has 2 aromatic rings. The number of rotatable bonds is 8. The summed E-state index contributed by atoms with van der Waals surface area (Å²) in [6.45, 7) is 5.06. The average Bonchev–Trinajstić information content (AvgIpc) is 2.94. The van der Waals surface area contributed by atoms with Crippen LogP contribution in [0.25, 0.3) is 0 Å². The largest absolute Gasteiger partial charge is 0.374 e. The highest BCUT2D eigenvalue weighted by molar-refractivity contribution is 7.99. The zero-order valence-corrected chi connectivity index (χ0v) is 14.3. The topological polar surface area (TPSA) is 64.1 Å². The Morgan fingerprint density at radius 1 is 1.32 bits per heavy atom. The van der Waals surface area contributed by atoms with Gasteiger partial charge in [0, 0.05) is 23.7 Å². The number of hydrogen-bond donors (Lipinski definition) is 1. The minimum absolute atomic E-state index is 0.0429. The number of anilines is 1. The molecule has 0 saturated carbocycles. The van der Waals surface area contributed by atoms with Crippen LogP contribution >= 0.6 is 23.1 Å². The highest BCUT2D eigenvalue weighted by Crippen LogP contribution is 2.20. The number of carbonyl (C=O) groups excluding carboxylic acids is 1. The van der Waals surface area contributed by atoms with E-state index in [9.17, 15) is 4.79 Å². The van der Waals surface area contributed by atoms with Crippen LogP contribution in [0.5, 0.6) is 0 Å². The SMILES string of the molecule is CCOCc1nnc(NC(=O)CCSc2ccc(C)cc2)s1. The molecule has 0 bridgehead atoms. The van der Waals surface area contributed by atoms with Crippen molar-refractivity contribution in [2.24, 2.45) is 0 Å². The van der Waals surface area contributed by atoms with Gasteiger partial charge in [-0.2, -0.15) is 0 Å². The summed E-state index contributed by atoms with van der Waals surface area (Å²) in [5.74, 6) is 0.693. The fourth-order valence-corrected chi connectivity index (χ4v) is 3.17. The van der Waals surface area contributed by atoms with Gasteiger partial charge in [-0.25, -0.2) is 0 Å². The van der Waals surface area contributed by atoms with Crippen LogP contribution in [0.15, 0.2) is 29.2 Å². The molecule has 1 aromatic carbocycles. The van der Waals surface area contributed by atoms with Gasteiger partial charge in [0.05, 0.1) is 0 Å². The van der Waals surface area contributed by atoms with Crippen LogP contribution in [0.3, 0.4) is 0 Å². The highest BCUT2D eigenvalue weighted by atomic mass is 32.2. The molecular formula is C15H19N3O2S2. The number of hydrogen-bond acceptors (Lipinski definition) is 6. The molecule has 22 heavy (non-hydrogen) atoms. The molecular weight excluding hydrogens is 318 g/mol. The lowest BCUT2D eigenvalue weighted by Gasteiger charge is -2.02. The van der Waals surface area contributed by atoms with Crippen molar-refractivity contribution in [2.45, 2.75) is 31.8 Å². The predicted molar refractivity (Wildman–Crippen MR) is 90.4 cm³/mol. The fourth-order valence-electron chi connectivity index (χ4n) is 1.63. The fraction of sp³-hybridized carbons (Fsp3) is 0.400. The number of carbonyl (C=O) groups is 1. The van der Waals surface area contributed by atoms with Gasteiger partial charge < -0.3 is 10.1 Å². The minimum Gasteiger partial charge on any atom is -0.374 e. The van der Waals surface area contributed by atoms with E-state index in [4.69, 9.17) is 4.74 Å². The maximum absolute atomic E-state index is 11.9. The Labute approximate surface area is 138 Å². The van der Waals surface area contributed by atoms with Crippen molar-refractivity contribution in [1.29, 1.82) is 0 Å². The molecule has 0 aliphatic heterocycles. The van der Waals surface area contributed by atoms with Crippen molar-refractivity contribution in [1.82, 2.24) is 10.2 Å². The molecule has 1 heterocycles. The van der Waals surface area contributed by atoms with Crippen molar-refractivity contribution in [3.8, 4) is 0 Å². The molecule has 118 valence electrons. The molecule has 0 atom stereocenters. The number of aromatic nitrogens is 2. The van der Waals surface area contributed by atoms with Gasteiger partial charge in [-0.15, -0.1) is 22.0 Å². The van der Waals surface area contributed by atoms with Crippen LogP contribution in [0.4, 0.5) is 5.13 Å². The van der Waals surface area contributed by atoms with E-state index in [0.717, 1.165) is 10.8 Å². The number of amides is 1. The number of benzene rings is 1. The summed E-state index contributed by atoms with van der Waals surface area (Å²) in [6.07, 6.45) is 0.443. The monoisotopic (exact) mass is 337 g/mol. The Balaban J connectivity index is 1.71. The van der Waals surface area contributed by atoms with E-state index in [0.29, 0.717) is 24.8 Å². The van der Waals surface area contributed by atoms with E-state index in [1.165, 1.54) is 21.8 Å². The van der Waals surface area contributed by atoms with Crippen LogP contribution < -0.4 is 5.32 Å². The second-order valence-corrected chi connectivity index (χ2v) is 6.83. The van der Waals surface area contributed by atoms with Gasteiger partial charge >= 0.3 is 0 Å². The van der Waals surface area contributed by atoms with Gasteiger partial charge in [-0.05, 0) is 26.0 Å². The summed E-state index contributed by atoms with van der Waals surface area (Å²) in [5.41, 5.74) is 1.24. The molecule has 0 radical (unpaired) electrons. The van der Waals surface area contributed by atoms with E-state index in [2.05, 4.69) is 46.7 Å². The quantitative estimate of drug-likeness (QED) is 0.747. The Bertz CT molecular complexity index is 599. The van der Waals surface area contributed by atoms with Gasteiger partial charge in [-0.3, -0.25) is 4.79 Å². The van der Waals surface area contributed by atoms with Crippen molar-refractivity contribution in [2.75, 3.05) is 17.7 Å². The third kappa shape index (κ3) is 5.75. The molecule has 1 N–H and O–H groups in total. The summed E-state index contributed by atoms with van der Waals surface area (Å²) < 4.78 is 5.25. The summed E-state index contributed by atoms with van der Waals surface area (Å²) in [4.78, 5) is 13.0. The lowest BCUT2D eigenvalue weighted by molar-refractivity contribution is -0.115. The normalized spacial score (nSPS) is 10.6. The highest BCUT2D eigenvalue weighted by Gasteiger charge is 2.08. The molecule has 0 aliphatic rings. The van der Waals surface area contributed by atoms with Crippen LogP contribution in [0.1, 0.15) is 23.9 Å². The maximum Gasteiger partial charge on any atom is 0.227 e. The number of thioether (sulfide) groups is 1. The molecule has 0 aliphatic carbocycles. The Hall–Kier alpha value is -1.44.